The Morgan fingerprint density at radius 3 is 2.60 bits per heavy atom. The lowest BCUT2D eigenvalue weighted by Crippen LogP contribution is -2.26. The first-order valence-electron chi connectivity index (χ1n) is 7.98. The van der Waals surface area contributed by atoms with Crippen molar-refractivity contribution in [3.8, 4) is 11.6 Å². The third kappa shape index (κ3) is 3.97. The molecule has 0 aliphatic heterocycles. The van der Waals surface area contributed by atoms with Gasteiger partial charge in [0.1, 0.15) is 6.61 Å². The number of thioether (sulfide) groups is 1. The molecule has 0 radical (unpaired) electrons. The van der Waals surface area contributed by atoms with Gasteiger partial charge >= 0.3 is 0 Å². The number of hydrogen-bond acceptors (Lipinski definition) is 5. The summed E-state index contributed by atoms with van der Waals surface area (Å²) < 4.78 is 7.71. The van der Waals surface area contributed by atoms with Crippen LogP contribution in [-0.4, -0.2) is 23.1 Å². The summed E-state index contributed by atoms with van der Waals surface area (Å²) in [5, 5.41) is 6.11. The SMILES string of the molecule is CSc1ccc(-n2ccc(OCc3c(C)cccc3N(C)N)n2)cc1. The van der Waals surface area contributed by atoms with Crippen molar-refractivity contribution < 1.29 is 4.74 Å². The maximum atomic E-state index is 5.91. The molecule has 1 aromatic heterocycles. The number of aromatic nitrogens is 2. The predicted molar refractivity (Wildman–Crippen MR) is 103 cm³/mol. The van der Waals surface area contributed by atoms with Crippen molar-refractivity contribution in [2.24, 2.45) is 5.84 Å². The number of nitrogens with two attached hydrogens (primary N) is 1. The zero-order valence-electron chi connectivity index (χ0n) is 14.6. The summed E-state index contributed by atoms with van der Waals surface area (Å²) in [5.74, 6) is 6.50. The summed E-state index contributed by atoms with van der Waals surface area (Å²) in [5.41, 5.74) is 4.16. The number of ether oxygens (including phenoxy) is 1. The highest BCUT2D eigenvalue weighted by atomic mass is 32.2. The maximum absolute atomic E-state index is 5.91. The summed E-state index contributed by atoms with van der Waals surface area (Å²) >= 11 is 1.72. The Balaban J connectivity index is 1.74. The molecule has 130 valence electrons. The van der Waals surface area contributed by atoms with Crippen LogP contribution >= 0.6 is 11.8 Å². The number of hydrogen-bond donors (Lipinski definition) is 1. The fraction of sp³-hybridized carbons (Fsp3) is 0.211. The second-order valence-electron chi connectivity index (χ2n) is 5.77. The first-order chi connectivity index (χ1) is 12.1. The van der Waals surface area contributed by atoms with Crippen LogP contribution in [0.2, 0.25) is 0 Å². The van der Waals surface area contributed by atoms with E-state index in [4.69, 9.17) is 10.6 Å². The van der Waals surface area contributed by atoms with Crippen LogP contribution in [0.1, 0.15) is 11.1 Å². The smallest absolute Gasteiger partial charge is 0.233 e. The molecule has 5 nitrogen and oxygen atoms in total. The number of nitrogens with zero attached hydrogens (tertiary/aromatic N) is 3. The summed E-state index contributed by atoms with van der Waals surface area (Å²) in [7, 11) is 1.82. The molecule has 0 bridgehead atoms. The molecule has 0 saturated carbocycles. The lowest BCUT2D eigenvalue weighted by atomic mass is 10.1. The highest BCUT2D eigenvalue weighted by Gasteiger charge is 2.10. The van der Waals surface area contributed by atoms with Gasteiger partial charge < -0.3 is 9.75 Å². The van der Waals surface area contributed by atoms with Gasteiger partial charge in [-0.05, 0) is 49.1 Å². The normalized spacial score (nSPS) is 10.7. The van der Waals surface area contributed by atoms with E-state index >= 15 is 0 Å². The van der Waals surface area contributed by atoms with E-state index in [1.165, 1.54) is 4.90 Å². The minimum Gasteiger partial charge on any atom is -0.472 e. The summed E-state index contributed by atoms with van der Waals surface area (Å²) in [6.07, 6.45) is 3.96. The van der Waals surface area contributed by atoms with Gasteiger partial charge in [-0.25, -0.2) is 10.5 Å². The van der Waals surface area contributed by atoms with Crippen molar-refractivity contribution in [2.45, 2.75) is 18.4 Å². The fourth-order valence-corrected chi connectivity index (χ4v) is 3.02. The second kappa shape index (κ2) is 7.63. The van der Waals surface area contributed by atoms with Gasteiger partial charge in [-0.1, -0.05) is 12.1 Å². The van der Waals surface area contributed by atoms with Crippen molar-refractivity contribution in [2.75, 3.05) is 18.3 Å². The largest absolute Gasteiger partial charge is 0.472 e. The van der Waals surface area contributed by atoms with E-state index in [0.717, 1.165) is 22.5 Å². The standard InChI is InChI=1S/C19H22N4OS/c1-14-5-4-6-18(22(2)20)17(14)13-24-19-11-12-23(21-19)15-7-9-16(25-3)10-8-15/h4-12H,13,20H2,1-3H3. The Morgan fingerprint density at radius 1 is 1.16 bits per heavy atom. The molecule has 3 aromatic rings. The van der Waals surface area contributed by atoms with Crippen LogP contribution < -0.4 is 15.6 Å². The van der Waals surface area contributed by atoms with E-state index in [2.05, 4.69) is 36.5 Å². The molecule has 0 atom stereocenters. The Kier molecular flexibility index (Phi) is 5.31. The molecule has 0 unspecified atom stereocenters. The molecule has 6 heteroatoms. The van der Waals surface area contributed by atoms with E-state index in [-0.39, 0.29) is 0 Å². The quantitative estimate of drug-likeness (QED) is 0.415. The first-order valence-corrected chi connectivity index (χ1v) is 9.21. The average molecular weight is 354 g/mol. The van der Waals surface area contributed by atoms with Crippen molar-refractivity contribution in [1.29, 1.82) is 0 Å². The van der Waals surface area contributed by atoms with Gasteiger partial charge in [0.25, 0.3) is 0 Å². The third-order valence-corrected chi connectivity index (χ3v) is 4.78. The average Bonchev–Trinajstić information content (AvgIpc) is 3.09. The van der Waals surface area contributed by atoms with Gasteiger partial charge in [0.05, 0.1) is 11.4 Å². The summed E-state index contributed by atoms with van der Waals surface area (Å²) in [6.45, 7) is 2.48. The van der Waals surface area contributed by atoms with E-state index in [9.17, 15) is 0 Å². The van der Waals surface area contributed by atoms with E-state index in [1.54, 1.807) is 16.8 Å². The minimum absolute atomic E-state index is 0.423. The van der Waals surface area contributed by atoms with Crippen LogP contribution in [0.5, 0.6) is 5.88 Å². The number of benzene rings is 2. The van der Waals surface area contributed by atoms with E-state index in [0.29, 0.717) is 12.5 Å². The fourth-order valence-electron chi connectivity index (χ4n) is 2.61. The molecule has 0 aliphatic carbocycles. The van der Waals surface area contributed by atoms with Crippen molar-refractivity contribution in [3.05, 3.63) is 65.9 Å². The van der Waals surface area contributed by atoms with Crippen molar-refractivity contribution in [1.82, 2.24) is 9.78 Å². The summed E-state index contributed by atoms with van der Waals surface area (Å²) in [4.78, 5) is 1.23. The number of anilines is 1. The zero-order chi connectivity index (χ0) is 17.8. The van der Waals surface area contributed by atoms with Crippen molar-refractivity contribution >= 4 is 17.4 Å². The van der Waals surface area contributed by atoms with E-state index < -0.39 is 0 Å². The monoisotopic (exact) mass is 354 g/mol. The molecular formula is C19H22N4OS. The van der Waals surface area contributed by atoms with Gasteiger partial charge in [0.15, 0.2) is 0 Å². The second-order valence-corrected chi connectivity index (χ2v) is 6.65. The van der Waals surface area contributed by atoms with Crippen LogP contribution in [0.4, 0.5) is 5.69 Å². The van der Waals surface area contributed by atoms with Crippen LogP contribution in [0.3, 0.4) is 0 Å². The zero-order valence-corrected chi connectivity index (χ0v) is 15.5. The van der Waals surface area contributed by atoms with Crippen LogP contribution in [0, 0.1) is 6.92 Å². The minimum atomic E-state index is 0.423. The summed E-state index contributed by atoms with van der Waals surface area (Å²) in [6, 6.07) is 16.2. The first kappa shape index (κ1) is 17.4. The molecular weight excluding hydrogens is 332 g/mol. The number of hydrazine groups is 1. The topological polar surface area (TPSA) is 56.3 Å². The third-order valence-electron chi connectivity index (χ3n) is 4.03. The molecule has 2 aromatic carbocycles. The molecule has 0 fully saturated rings. The molecule has 25 heavy (non-hydrogen) atoms. The highest BCUT2D eigenvalue weighted by molar-refractivity contribution is 7.98. The molecule has 0 amide bonds. The highest BCUT2D eigenvalue weighted by Crippen LogP contribution is 2.23. The molecule has 0 aliphatic rings. The Bertz CT molecular complexity index is 843. The maximum Gasteiger partial charge on any atom is 0.233 e. The van der Waals surface area contributed by atoms with Crippen molar-refractivity contribution in [3.63, 3.8) is 0 Å². The molecule has 0 spiro atoms. The van der Waals surface area contributed by atoms with Gasteiger partial charge in [0.2, 0.25) is 5.88 Å². The van der Waals surface area contributed by atoms with Gasteiger partial charge in [-0.15, -0.1) is 16.9 Å². The Morgan fingerprint density at radius 2 is 1.92 bits per heavy atom. The van der Waals surface area contributed by atoms with Gasteiger partial charge in [0, 0.05) is 29.8 Å². The Labute approximate surface area is 152 Å². The van der Waals surface area contributed by atoms with E-state index in [1.807, 2.05) is 48.3 Å². The Hall–Kier alpha value is -2.44. The number of rotatable bonds is 6. The lowest BCUT2D eigenvalue weighted by molar-refractivity contribution is 0.291. The molecule has 2 N–H and O–H groups in total. The predicted octanol–water partition coefficient (Wildman–Crippen LogP) is 3.79. The molecule has 1 heterocycles. The van der Waals surface area contributed by atoms with Gasteiger partial charge in [-0.3, -0.25) is 0 Å². The van der Waals surface area contributed by atoms with Crippen LogP contribution in [0.25, 0.3) is 5.69 Å². The van der Waals surface area contributed by atoms with Gasteiger partial charge in [-0.2, -0.15) is 0 Å². The molecule has 3 rings (SSSR count). The molecule has 0 saturated heterocycles. The number of aryl methyl sites for hydroxylation is 1. The van der Waals surface area contributed by atoms with Crippen LogP contribution in [0.15, 0.2) is 59.6 Å². The lowest BCUT2D eigenvalue weighted by Gasteiger charge is -2.18. The van der Waals surface area contributed by atoms with Crippen LogP contribution in [-0.2, 0) is 6.61 Å².